The van der Waals surface area contributed by atoms with Gasteiger partial charge in [-0.15, -0.1) is 6.42 Å². The highest BCUT2D eigenvalue weighted by atomic mass is 35.5. The number of carbonyl (C=O) groups excluding carboxylic acids is 2. The minimum Gasteiger partial charge on any atom is -0.483 e. The standard InChI is InChI=1S/C12H10ClNO3/c1-2-5-14-12(16)8-17-11-4-3-10(13)6-9(11)7-15/h1,3-4,6-7H,5,8H2,(H,14,16). The number of benzene rings is 1. The van der Waals surface area contributed by atoms with E-state index in [0.717, 1.165) is 0 Å². The maximum atomic E-state index is 11.2. The van der Waals surface area contributed by atoms with Crippen molar-refractivity contribution >= 4 is 23.8 Å². The van der Waals surface area contributed by atoms with E-state index in [1.807, 2.05) is 0 Å². The molecule has 0 aliphatic heterocycles. The van der Waals surface area contributed by atoms with Gasteiger partial charge >= 0.3 is 0 Å². The number of carbonyl (C=O) groups is 2. The van der Waals surface area contributed by atoms with Gasteiger partial charge in [-0.2, -0.15) is 0 Å². The third-order valence-corrected chi connectivity index (χ3v) is 2.08. The lowest BCUT2D eigenvalue weighted by atomic mass is 10.2. The van der Waals surface area contributed by atoms with Crippen LogP contribution in [0.4, 0.5) is 0 Å². The summed E-state index contributed by atoms with van der Waals surface area (Å²) in [5, 5.41) is 2.86. The molecule has 0 fully saturated rings. The van der Waals surface area contributed by atoms with E-state index >= 15 is 0 Å². The Bertz CT molecular complexity index is 465. The van der Waals surface area contributed by atoms with Crippen LogP contribution in [0.1, 0.15) is 10.4 Å². The van der Waals surface area contributed by atoms with Crippen molar-refractivity contribution in [2.45, 2.75) is 0 Å². The summed E-state index contributed by atoms with van der Waals surface area (Å²) < 4.78 is 5.17. The molecule has 1 rings (SSSR count). The number of terminal acetylenes is 1. The van der Waals surface area contributed by atoms with E-state index in [0.29, 0.717) is 22.6 Å². The molecular formula is C12H10ClNO3. The predicted molar refractivity (Wildman–Crippen MR) is 64.2 cm³/mol. The number of hydrogen-bond acceptors (Lipinski definition) is 3. The van der Waals surface area contributed by atoms with Gasteiger partial charge in [0, 0.05) is 5.02 Å². The second kappa shape index (κ2) is 6.56. The molecule has 0 spiro atoms. The fraction of sp³-hybridized carbons (Fsp3) is 0.167. The van der Waals surface area contributed by atoms with Crippen molar-refractivity contribution in [3.05, 3.63) is 28.8 Å². The lowest BCUT2D eigenvalue weighted by Gasteiger charge is -2.08. The monoisotopic (exact) mass is 251 g/mol. The van der Waals surface area contributed by atoms with Crippen LogP contribution in [-0.2, 0) is 4.79 Å². The molecule has 0 saturated heterocycles. The zero-order valence-corrected chi connectivity index (χ0v) is 9.66. The molecule has 5 heteroatoms. The summed E-state index contributed by atoms with van der Waals surface area (Å²) in [4.78, 5) is 21.9. The first-order valence-corrected chi connectivity index (χ1v) is 5.13. The average molecular weight is 252 g/mol. The number of amides is 1. The normalized spacial score (nSPS) is 9.18. The zero-order chi connectivity index (χ0) is 12.7. The van der Waals surface area contributed by atoms with Crippen LogP contribution in [0.15, 0.2) is 18.2 Å². The largest absolute Gasteiger partial charge is 0.483 e. The number of rotatable bonds is 5. The van der Waals surface area contributed by atoms with Crippen molar-refractivity contribution in [2.24, 2.45) is 0 Å². The van der Waals surface area contributed by atoms with Crippen LogP contribution in [0.3, 0.4) is 0 Å². The number of nitrogens with one attached hydrogen (secondary N) is 1. The van der Waals surface area contributed by atoms with Crippen molar-refractivity contribution < 1.29 is 14.3 Å². The fourth-order valence-corrected chi connectivity index (χ4v) is 1.27. The van der Waals surface area contributed by atoms with Crippen LogP contribution in [0.5, 0.6) is 5.75 Å². The lowest BCUT2D eigenvalue weighted by molar-refractivity contribution is -0.122. The summed E-state index contributed by atoms with van der Waals surface area (Å²) >= 11 is 5.71. The van der Waals surface area contributed by atoms with Crippen LogP contribution >= 0.6 is 11.6 Å². The minimum absolute atomic E-state index is 0.142. The molecule has 1 amide bonds. The molecule has 0 bridgehead atoms. The molecule has 0 heterocycles. The SMILES string of the molecule is C#CCNC(=O)COc1ccc(Cl)cc1C=O. The van der Waals surface area contributed by atoms with Gasteiger partial charge in [0.05, 0.1) is 12.1 Å². The minimum atomic E-state index is -0.352. The first kappa shape index (κ1) is 13.1. The van der Waals surface area contributed by atoms with Gasteiger partial charge in [0.2, 0.25) is 0 Å². The van der Waals surface area contributed by atoms with Crippen molar-refractivity contribution in [1.29, 1.82) is 0 Å². The van der Waals surface area contributed by atoms with Gasteiger partial charge in [-0.1, -0.05) is 17.5 Å². The topological polar surface area (TPSA) is 55.4 Å². The molecule has 4 nitrogen and oxygen atoms in total. The first-order chi connectivity index (χ1) is 8.17. The van der Waals surface area contributed by atoms with Gasteiger partial charge in [-0.05, 0) is 18.2 Å². The van der Waals surface area contributed by atoms with E-state index in [1.54, 1.807) is 6.07 Å². The third-order valence-electron chi connectivity index (χ3n) is 1.85. The maximum Gasteiger partial charge on any atom is 0.258 e. The Morgan fingerprint density at radius 2 is 2.35 bits per heavy atom. The van der Waals surface area contributed by atoms with Gasteiger partial charge in [0.15, 0.2) is 12.9 Å². The van der Waals surface area contributed by atoms with Crippen molar-refractivity contribution in [3.8, 4) is 18.1 Å². The lowest BCUT2D eigenvalue weighted by Crippen LogP contribution is -2.29. The molecule has 0 aliphatic carbocycles. The van der Waals surface area contributed by atoms with Crippen LogP contribution in [0.25, 0.3) is 0 Å². The molecule has 0 aliphatic rings. The summed E-state index contributed by atoms with van der Waals surface area (Å²) in [6.07, 6.45) is 5.59. The molecule has 0 aromatic heterocycles. The quantitative estimate of drug-likeness (QED) is 0.634. The van der Waals surface area contributed by atoms with Crippen LogP contribution in [0.2, 0.25) is 5.02 Å². The van der Waals surface area contributed by atoms with E-state index in [1.165, 1.54) is 12.1 Å². The van der Waals surface area contributed by atoms with E-state index in [2.05, 4.69) is 11.2 Å². The fourth-order valence-electron chi connectivity index (χ4n) is 1.09. The highest BCUT2D eigenvalue weighted by molar-refractivity contribution is 6.30. The van der Waals surface area contributed by atoms with E-state index in [9.17, 15) is 9.59 Å². The Hall–Kier alpha value is -1.99. The molecule has 1 N–H and O–H groups in total. The summed E-state index contributed by atoms with van der Waals surface area (Å²) in [7, 11) is 0. The summed E-state index contributed by atoms with van der Waals surface area (Å²) in [5.74, 6) is 2.22. The molecule has 17 heavy (non-hydrogen) atoms. The summed E-state index contributed by atoms with van der Waals surface area (Å²) in [6.45, 7) is -0.0620. The van der Waals surface area contributed by atoms with Crippen molar-refractivity contribution in [3.63, 3.8) is 0 Å². The Labute approximate surface area is 104 Å². The Kier molecular flexibility index (Phi) is 5.05. The predicted octanol–water partition coefficient (Wildman–Crippen LogP) is 1.28. The number of aldehydes is 1. The van der Waals surface area contributed by atoms with Gasteiger partial charge in [0.1, 0.15) is 5.75 Å². The average Bonchev–Trinajstić information content (AvgIpc) is 2.34. The Balaban J connectivity index is 2.60. The summed E-state index contributed by atoms with van der Waals surface area (Å²) in [6, 6.07) is 4.56. The van der Waals surface area contributed by atoms with Crippen LogP contribution in [0, 0.1) is 12.3 Å². The Morgan fingerprint density at radius 1 is 1.59 bits per heavy atom. The summed E-state index contributed by atoms with van der Waals surface area (Å²) in [5.41, 5.74) is 0.294. The van der Waals surface area contributed by atoms with Crippen molar-refractivity contribution in [1.82, 2.24) is 5.32 Å². The molecule has 0 radical (unpaired) electrons. The van der Waals surface area contributed by atoms with Gasteiger partial charge in [-0.25, -0.2) is 0 Å². The van der Waals surface area contributed by atoms with Gasteiger partial charge in [0.25, 0.3) is 5.91 Å². The maximum absolute atomic E-state index is 11.2. The molecule has 1 aromatic rings. The second-order valence-corrected chi connectivity index (χ2v) is 3.51. The Morgan fingerprint density at radius 3 is 3.00 bits per heavy atom. The molecule has 0 unspecified atom stereocenters. The van der Waals surface area contributed by atoms with Gasteiger partial charge in [-0.3, -0.25) is 9.59 Å². The molecule has 88 valence electrons. The zero-order valence-electron chi connectivity index (χ0n) is 8.90. The highest BCUT2D eigenvalue weighted by Crippen LogP contribution is 2.21. The number of hydrogen-bond donors (Lipinski definition) is 1. The molecule has 0 saturated carbocycles. The van der Waals surface area contributed by atoms with E-state index in [-0.39, 0.29) is 19.1 Å². The highest BCUT2D eigenvalue weighted by Gasteiger charge is 2.06. The molecule has 0 atom stereocenters. The third kappa shape index (κ3) is 4.17. The van der Waals surface area contributed by atoms with Crippen LogP contribution in [-0.4, -0.2) is 25.3 Å². The molecule has 1 aromatic carbocycles. The van der Waals surface area contributed by atoms with Crippen molar-refractivity contribution in [2.75, 3.05) is 13.2 Å². The second-order valence-electron chi connectivity index (χ2n) is 3.07. The number of ether oxygens (including phenoxy) is 1. The smallest absolute Gasteiger partial charge is 0.258 e. The van der Waals surface area contributed by atoms with E-state index in [4.69, 9.17) is 22.8 Å². The number of halogens is 1. The first-order valence-electron chi connectivity index (χ1n) is 4.75. The van der Waals surface area contributed by atoms with Crippen LogP contribution < -0.4 is 10.1 Å². The molecular weight excluding hydrogens is 242 g/mol. The van der Waals surface area contributed by atoms with Gasteiger partial charge < -0.3 is 10.1 Å². The van der Waals surface area contributed by atoms with E-state index < -0.39 is 0 Å².